The molecule has 0 saturated heterocycles. The number of nitro groups is 1. The molecule has 0 saturated carbocycles. The zero-order chi connectivity index (χ0) is 16.7. The Morgan fingerprint density at radius 2 is 2.00 bits per heavy atom. The molecule has 0 unspecified atom stereocenters. The number of hydrogen-bond acceptors (Lipinski definition) is 4. The van der Waals surface area contributed by atoms with E-state index in [0.29, 0.717) is 5.92 Å². The molecule has 122 valence electrons. The van der Waals surface area contributed by atoms with E-state index in [2.05, 4.69) is 29.6 Å². The normalized spacial score (nSPS) is 24.0. The van der Waals surface area contributed by atoms with Gasteiger partial charge in [-0.1, -0.05) is 24.3 Å². The summed E-state index contributed by atoms with van der Waals surface area (Å²) in [6.45, 7) is 0. The average Bonchev–Trinajstić information content (AvgIpc) is 3.10. The van der Waals surface area contributed by atoms with Gasteiger partial charge in [0.05, 0.1) is 18.1 Å². The van der Waals surface area contributed by atoms with Crippen LogP contribution in [-0.2, 0) is 0 Å². The second-order valence-electron chi connectivity index (χ2n) is 6.28. The molecule has 4 rings (SSSR count). The van der Waals surface area contributed by atoms with Crippen molar-refractivity contribution >= 4 is 11.4 Å². The van der Waals surface area contributed by atoms with Gasteiger partial charge in [-0.15, -0.1) is 0 Å². The van der Waals surface area contributed by atoms with Crippen LogP contribution in [0.5, 0.6) is 5.75 Å². The van der Waals surface area contributed by atoms with Gasteiger partial charge in [-0.3, -0.25) is 10.1 Å². The number of hydrogen-bond donors (Lipinski definition) is 1. The minimum absolute atomic E-state index is 0.150. The van der Waals surface area contributed by atoms with Gasteiger partial charge in [0.15, 0.2) is 0 Å². The van der Waals surface area contributed by atoms with Crippen molar-refractivity contribution in [1.29, 1.82) is 0 Å². The third kappa shape index (κ3) is 2.33. The van der Waals surface area contributed by atoms with Crippen LogP contribution in [-0.4, -0.2) is 12.0 Å². The van der Waals surface area contributed by atoms with Crippen molar-refractivity contribution in [3.63, 3.8) is 0 Å². The SMILES string of the molecule is COc1ccc([C@H]2Nc3ccc([N+](=O)[O-])cc3[C@@H]3C=CC[C@@H]23)cc1. The summed E-state index contributed by atoms with van der Waals surface area (Å²) in [5, 5.41) is 14.7. The van der Waals surface area contributed by atoms with Crippen LogP contribution in [0.3, 0.4) is 0 Å². The fourth-order valence-electron chi connectivity index (χ4n) is 3.84. The van der Waals surface area contributed by atoms with Crippen LogP contribution in [0.4, 0.5) is 11.4 Å². The first kappa shape index (κ1) is 14.8. The maximum atomic E-state index is 11.1. The third-order valence-corrected chi connectivity index (χ3v) is 5.03. The first-order valence-electron chi connectivity index (χ1n) is 8.03. The van der Waals surface area contributed by atoms with Crippen LogP contribution in [0.15, 0.2) is 54.6 Å². The van der Waals surface area contributed by atoms with E-state index in [1.165, 1.54) is 5.56 Å². The van der Waals surface area contributed by atoms with E-state index < -0.39 is 0 Å². The smallest absolute Gasteiger partial charge is 0.269 e. The summed E-state index contributed by atoms with van der Waals surface area (Å²) >= 11 is 0. The highest BCUT2D eigenvalue weighted by molar-refractivity contribution is 5.63. The van der Waals surface area contributed by atoms with E-state index in [1.54, 1.807) is 19.2 Å². The Morgan fingerprint density at radius 1 is 1.21 bits per heavy atom. The molecule has 1 N–H and O–H groups in total. The molecule has 3 atom stereocenters. The summed E-state index contributed by atoms with van der Waals surface area (Å²) in [5.41, 5.74) is 3.36. The van der Waals surface area contributed by atoms with Crippen LogP contribution in [0.1, 0.15) is 29.5 Å². The summed E-state index contributed by atoms with van der Waals surface area (Å²) in [7, 11) is 1.66. The lowest BCUT2D eigenvalue weighted by atomic mass is 9.77. The molecule has 1 aliphatic carbocycles. The number of methoxy groups -OCH3 is 1. The maximum absolute atomic E-state index is 11.1. The highest BCUT2D eigenvalue weighted by atomic mass is 16.6. The quantitative estimate of drug-likeness (QED) is 0.516. The fourth-order valence-corrected chi connectivity index (χ4v) is 3.84. The van der Waals surface area contributed by atoms with E-state index in [4.69, 9.17) is 4.74 Å². The summed E-state index contributed by atoms with van der Waals surface area (Å²) in [4.78, 5) is 10.8. The van der Waals surface area contributed by atoms with Crippen molar-refractivity contribution in [2.24, 2.45) is 5.92 Å². The molecule has 0 bridgehead atoms. The van der Waals surface area contributed by atoms with E-state index in [0.717, 1.165) is 23.4 Å². The monoisotopic (exact) mass is 322 g/mol. The van der Waals surface area contributed by atoms with E-state index in [1.807, 2.05) is 18.2 Å². The number of rotatable bonds is 3. The Labute approximate surface area is 140 Å². The number of allylic oxidation sites excluding steroid dienone is 2. The maximum Gasteiger partial charge on any atom is 0.269 e. The summed E-state index contributed by atoms with van der Waals surface area (Å²) < 4.78 is 5.24. The summed E-state index contributed by atoms with van der Waals surface area (Å²) in [6, 6.07) is 13.4. The molecule has 0 spiro atoms. The molecule has 2 aromatic carbocycles. The Kier molecular flexibility index (Phi) is 3.49. The molecule has 2 aromatic rings. The highest BCUT2D eigenvalue weighted by Gasteiger charge is 2.38. The van der Waals surface area contributed by atoms with Gasteiger partial charge in [-0.05, 0) is 41.7 Å². The standard InChI is InChI=1S/C19H18N2O3/c1-24-14-8-5-12(6-9-14)19-16-4-2-3-15(16)17-11-13(21(22)23)7-10-18(17)20-19/h2-3,5-11,15-16,19-20H,4H2,1H3/t15-,16-,19-/m1/s1. The number of non-ortho nitro benzene ring substituents is 1. The van der Waals surface area contributed by atoms with E-state index >= 15 is 0 Å². The van der Waals surface area contributed by atoms with Crippen LogP contribution < -0.4 is 10.1 Å². The largest absolute Gasteiger partial charge is 0.497 e. The lowest BCUT2D eigenvalue weighted by Crippen LogP contribution is -2.29. The Bertz CT molecular complexity index is 814. The summed E-state index contributed by atoms with van der Waals surface area (Å²) in [6.07, 6.45) is 5.34. The van der Waals surface area contributed by atoms with Gasteiger partial charge in [-0.2, -0.15) is 0 Å². The zero-order valence-corrected chi connectivity index (χ0v) is 13.3. The lowest BCUT2D eigenvalue weighted by molar-refractivity contribution is -0.384. The highest BCUT2D eigenvalue weighted by Crippen LogP contribution is 2.50. The second-order valence-corrected chi connectivity index (χ2v) is 6.28. The van der Waals surface area contributed by atoms with Crippen LogP contribution in [0.25, 0.3) is 0 Å². The topological polar surface area (TPSA) is 64.4 Å². The van der Waals surface area contributed by atoms with Gasteiger partial charge < -0.3 is 10.1 Å². The molecule has 0 amide bonds. The minimum atomic E-state index is -0.330. The van der Waals surface area contributed by atoms with Crippen molar-refractivity contribution in [2.75, 3.05) is 12.4 Å². The molecule has 24 heavy (non-hydrogen) atoms. The van der Waals surface area contributed by atoms with E-state index in [-0.39, 0.29) is 22.6 Å². The third-order valence-electron chi connectivity index (χ3n) is 5.03. The van der Waals surface area contributed by atoms with Crippen LogP contribution in [0.2, 0.25) is 0 Å². The van der Waals surface area contributed by atoms with Gasteiger partial charge in [0.1, 0.15) is 5.75 Å². The molecule has 2 aliphatic rings. The predicted molar refractivity (Wildman–Crippen MR) is 92.4 cm³/mol. The second kappa shape index (κ2) is 5.67. The molecule has 5 nitrogen and oxygen atoms in total. The molecule has 5 heteroatoms. The Hall–Kier alpha value is -2.82. The fraction of sp³-hybridized carbons (Fsp3) is 0.263. The van der Waals surface area contributed by atoms with Gasteiger partial charge in [0.2, 0.25) is 0 Å². The number of nitrogens with one attached hydrogen (secondary N) is 1. The molecular formula is C19H18N2O3. The first-order valence-corrected chi connectivity index (χ1v) is 8.03. The lowest BCUT2D eigenvalue weighted by Gasteiger charge is -2.37. The van der Waals surface area contributed by atoms with Crippen LogP contribution in [0, 0.1) is 16.0 Å². The number of nitro benzene ring substituents is 1. The van der Waals surface area contributed by atoms with Crippen molar-refractivity contribution in [3.8, 4) is 5.75 Å². The Morgan fingerprint density at radius 3 is 2.71 bits per heavy atom. The zero-order valence-electron chi connectivity index (χ0n) is 13.3. The molecule has 1 aliphatic heterocycles. The molecule has 0 aromatic heterocycles. The van der Waals surface area contributed by atoms with Crippen molar-refractivity contribution in [2.45, 2.75) is 18.4 Å². The minimum Gasteiger partial charge on any atom is -0.497 e. The molecular weight excluding hydrogens is 304 g/mol. The Balaban J connectivity index is 1.73. The number of fused-ring (bicyclic) bond motifs is 3. The van der Waals surface area contributed by atoms with Crippen molar-refractivity contribution < 1.29 is 9.66 Å². The summed E-state index contributed by atoms with van der Waals surface area (Å²) in [5.74, 6) is 1.42. The average molecular weight is 322 g/mol. The number of ether oxygens (including phenoxy) is 1. The number of benzene rings is 2. The molecule has 0 radical (unpaired) electrons. The van der Waals surface area contributed by atoms with Crippen molar-refractivity contribution in [3.05, 3.63) is 75.9 Å². The van der Waals surface area contributed by atoms with Crippen LogP contribution >= 0.6 is 0 Å². The van der Waals surface area contributed by atoms with Gasteiger partial charge >= 0.3 is 0 Å². The first-order chi connectivity index (χ1) is 11.7. The van der Waals surface area contributed by atoms with Crippen molar-refractivity contribution in [1.82, 2.24) is 0 Å². The predicted octanol–water partition coefficient (Wildman–Crippen LogP) is 4.43. The van der Waals surface area contributed by atoms with Gasteiger partial charge in [0, 0.05) is 23.7 Å². The molecule has 1 heterocycles. The number of nitrogens with zero attached hydrogens (tertiary/aromatic N) is 1. The van der Waals surface area contributed by atoms with Gasteiger partial charge in [-0.25, -0.2) is 0 Å². The number of anilines is 1. The van der Waals surface area contributed by atoms with Gasteiger partial charge in [0.25, 0.3) is 5.69 Å². The van der Waals surface area contributed by atoms with E-state index in [9.17, 15) is 10.1 Å². The molecule has 0 fully saturated rings.